The summed E-state index contributed by atoms with van der Waals surface area (Å²) in [6, 6.07) is 3.48. The number of hydrogen-bond donors (Lipinski definition) is 0. The molecule has 2 aliphatic rings. The summed E-state index contributed by atoms with van der Waals surface area (Å²) in [5.74, 6) is -2.13. The number of carbonyl (C=O) groups excluding carboxylic acids is 1. The van der Waals surface area contributed by atoms with Crippen molar-refractivity contribution in [1.82, 2.24) is 9.80 Å². The van der Waals surface area contributed by atoms with Crippen LogP contribution in [-0.2, 0) is 4.74 Å². The lowest BCUT2D eigenvalue weighted by molar-refractivity contribution is -0.0715. The smallest absolute Gasteiger partial charge is 0.254 e. The zero-order chi connectivity index (χ0) is 17.3. The van der Waals surface area contributed by atoms with Crippen molar-refractivity contribution in [2.75, 3.05) is 26.2 Å². The van der Waals surface area contributed by atoms with Gasteiger partial charge in [0.2, 0.25) is 0 Å². The first-order valence-electron chi connectivity index (χ1n) is 8.58. The number of likely N-dealkylation sites (tertiary alicyclic amines) is 1. The zero-order valence-electron chi connectivity index (χ0n) is 14.2. The molecule has 0 aromatic heterocycles. The van der Waals surface area contributed by atoms with Crippen LogP contribution in [0.1, 0.15) is 37.0 Å². The molecule has 6 heteroatoms. The molecule has 0 N–H and O–H groups in total. The molecule has 132 valence electrons. The van der Waals surface area contributed by atoms with Gasteiger partial charge in [0.25, 0.3) is 5.91 Å². The van der Waals surface area contributed by atoms with Crippen LogP contribution in [0.3, 0.4) is 0 Å². The van der Waals surface area contributed by atoms with Gasteiger partial charge in [-0.3, -0.25) is 9.69 Å². The Balaban J connectivity index is 1.68. The van der Waals surface area contributed by atoms with E-state index < -0.39 is 11.6 Å². The monoisotopic (exact) mass is 338 g/mol. The maximum Gasteiger partial charge on any atom is 0.254 e. The summed E-state index contributed by atoms with van der Waals surface area (Å²) in [4.78, 5) is 16.8. The van der Waals surface area contributed by atoms with E-state index in [1.54, 1.807) is 4.90 Å². The third-order valence-electron chi connectivity index (χ3n) is 4.77. The highest BCUT2D eigenvalue weighted by Crippen LogP contribution is 2.23. The van der Waals surface area contributed by atoms with Crippen molar-refractivity contribution in [2.24, 2.45) is 0 Å². The van der Waals surface area contributed by atoms with Crippen molar-refractivity contribution in [2.45, 2.75) is 44.9 Å². The molecule has 4 nitrogen and oxygen atoms in total. The summed E-state index contributed by atoms with van der Waals surface area (Å²) in [6.45, 7) is 7.29. The fourth-order valence-electron chi connectivity index (χ4n) is 3.82. The molecule has 3 rings (SSSR count). The molecule has 2 heterocycles. The van der Waals surface area contributed by atoms with Crippen molar-refractivity contribution >= 4 is 5.91 Å². The SMILES string of the molecule is C[C@@H]1CN(C[C@@H]2CCCN2C(=O)c2ccc(F)c(F)c2)C[C@@H](C)O1. The molecule has 1 aromatic carbocycles. The molecule has 0 spiro atoms. The van der Waals surface area contributed by atoms with Gasteiger partial charge in [0, 0.05) is 37.8 Å². The normalized spacial score (nSPS) is 28.3. The molecule has 3 atom stereocenters. The summed E-state index contributed by atoms with van der Waals surface area (Å²) >= 11 is 0. The summed E-state index contributed by atoms with van der Waals surface area (Å²) in [5, 5.41) is 0. The van der Waals surface area contributed by atoms with E-state index in [0.717, 1.165) is 44.6 Å². The Hall–Kier alpha value is -1.53. The van der Waals surface area contributed by atoms with E-state index in [2.05, 4.69) is 18.7 Å². The predicted molar refractivity (Wildman–Crippen MR) is 86.9 cm³/mol. The highest BCUT2D eigenvalue weighted by atomic mass is 19.2. The second-order valence-electron chi connectivity index (χ2n) is 6.90. The third-order valence-corrected chi connectivity index (χ3v) is 4.77. The number of amides is 1. The van der Waals surface area contributed by atoms with Crippen LogP contribution in [-0.4, -0.2) is 60.1 Å². The summed E-state index contributed by atoms with van der Waals surface area (Å²) in [7, 11) is 0. The van der Waals surface area contributed by atoms with E-state index >= 15 is 0 Å². The van der Waals surface area contributed by atoms with E-state index in [-0.39, 0.29) is 29.7 Å². The van der Waals surface area contributed by atoms with Crippen molar-refractivity contribution < 1.29 is 18.3 Å². The van der Waals surface area contributed by atoms with Crippen LogP contribution in [0.2, 0.25) is 0 Å². The molecule has 0 saturated carbocycles. The maximum absolute atomic E-state index is 13.4. The number of ether oxygens (including phenoxy) is 1. The summed E-state index contributed by atoms with van der Waals surface area (Å²) < 4.78 is 32.2. The topological polar surface area (TPSA) is 32.8 Å². The first kappa shape index (κ1) is 17.3. The Morgan fingerprint density at radius 3 is 2.58 bits per heavy atom. The predicted octanol–water partition coefficient (Wildman–Crippen LogP) is 2.68. The summed E-state index contributed by atoms with van der Waals surface area (Å²) in [6.07, 6.45) is 2.25. The molecule has 2 saturated heterocycles. The van der Waals surface area contributed by atoms with E-state index in [4.69, 9.17) is 4.74 Å². The largest absolute Gasteiger partial charge is 0.373 e. The molecular weight excluding hydrogens is 314 g/mol. The van der Waals surface area contributed by atoms with Gasteiger partial charge in [-0.05, 0) is 44.9 Å². The molecule has 2 aliphatic heterocycles. The number of benzene rings is 1. The summed E-state index contributed by atoms with van der Waals surface area (Å²) in [5.41, 5.74) is 0.213. The third kappa shape index (κ3) is 3.75. The van der Waals surface area contributed by atoms with Gasteiger partial charge in [0.05, 0.1) is 12.2 Å². The van der Waals surface area contributed by atoms with Gasteiger partial charge in [-0.1, -0.05) is 0 Å². The second kappa shape index (κ2) is 7.15. The molecular formula is C18H24F2N2O2. The van der Waals surface area contributed by atoms with Gasteiger partial charge >= 0.3 is 0 Å². The fraction of sp³-hybridized carbons (Fsp3) is 0.611. The van der Waals surface area contributed by atoms with E-state index in [9.17, 15) is 13.6 Å². The lowest BCUT2D eigenvalue weighted by Gasteiger charge is -2.38. The highest BCUT2D eigenvalue weighted by molar-refractivity contribution is 5.94. The van der Waals surface area contributed by atoms with Crippen molar-refractivity contribution in [1.29, 1.82) is 0 Å². The van der Waals surface area contributed by atoms with Crippen LogP contribution in [0.25, 0.3) is 0 Å². The Bertz CT molecular complexity index is 601. The molecule has 1 aromatic rings. The molecule has 0 unspecified atom stereocenters. The molecule has 2 fully saturated rings. The minimum absolute atomic E-state index is 0.114. The number of nitrogens with zero attached hydrogens (tertiary/aromatic N) is 2. The Morgan fingerprint density at radius 2 is 1.92 bits per heavy atom. The molecule has 0 aliphatic carbocycles. The maximum atomic E-state index is 13.4. The van der Waals surface area contributed by atoms with Gasteiger partial charge in [-0.2, -0.15) is 0 Å². The van der Waals surface area contributed by atoms with Crippen molar-refractivity contribution in [3.05, 3.63) is 35.4 Å². The average Bonchev–Trinajstić information content (AvgIpc) is 2.96. The standard InChI is InChI=1S/C18H24F2N2O2/c1-12-9-21(10-13(2)24-12)11-15-4-3-7-22(15)18(23)14-5-6-16(19)17(20)8-14/h5-6,8,12-13,15H,3-4,7,9-11H2,1-2H3/t12-,13-,15+/m1/s1. The fourth-order valence-corrected chi connectivity index (χ4v) is 3.82. The second-order valence-corrected chi connectivity index (χ2v) is 6.90. The molecule has 0 bridgehead atoms. The number of rotatable bonds is 3. The minimum atomic E-state index is -0.979. The Morgan fingerprint density at radius 1 is 1.21 bits per heavy atom. The lowest BCUT2D eigenvalue weighted by atomic mass is 10.1. The molecule has 1 amide bonds. The van der Waals surface area contributed by atoms with Crippen LogP contribution in [0.5, 0.6) is 0 Å². The van der Waals surface area contributed by atoms with Gasteiger partial charge in [-0.15, -0.1) is 0 Å². The van der Waals surface area contributed by atoms with Crippen LogP contribution >= 0.6 is 0 Å². The van der Waals surface area contributed by atoms with Gasteiger partial charge in [0.15, 0.2) is 11.6 Å². The molecule has 0 radical (unpaired) electrons. The number of morpholine rings is 1. The highest BCUT2D eigenvalue weighted by Gasteiger charge is 2.33. The number of hydrogen-bond acceptors (Lipinski definition) is 3. The van der Waals surface area contributed by atoms with Gasteiger partial charge in [0.1, 0.15) is 0 Å². The Kier molecular flexibility index (Phi) is 5.15. The van der Waals surface area contributed by atoms with Crippen LogP contribution in [0.4, 0.5) is 8.78 Å². The van der Waals surface area contributed by atoms with Crippen LogP contribution in [0, 0.1) is 11.6 Å². The van der Waals surface area contributed by atoms with E-state index in [0.29, 0.717) is 6.54 Å². The quantitative estimate of drug-likeness (QED) is 0.849. The van der Waals surface area contributed by atoms with Crippen molar-refractivity contribution in [3.63, 3.8) is 0 Å². The first-order valence-corrected chi connectivity index (χ1v) is 8.58. The van der Waals surface area contributed by atoms with Gasteiger partial charge in [-0.25, -0.2) is 8.78 Å². The zero-order valence-corrected chi connectivity index (χ0v) is 14.2. The van der Waals surface area contributed by atoms with Crippen LogP contribution < -0.4 is 0 Å². The number of halogens is 2. The van der Waals surface area contributed by atoms with E-state index in [1.165, 1.54) is 6.07 Å². The Labute approximate surface area is 141 Å². The number of carbonyl (C=O) groups is 1. The minimum Gasteiger partial charge on any atom is -0.373 e. The van der Waals surface area contributed by atoms with Crippen LogP contribution in [0.15, 0.2) is 18.2 Å². The average molecular weight is 338 g/mol. The van der Waals surface area contributed by atoms with Gasteiger partial charge < -0.3 is 9.64 Å². The first-order chi connectivity index (χ1) is 11.4. The van der Waals surface area contributed by atoms with Crippen molar-refractivity contribution in [3.8, 4) is 0 Å². The van der Waals surface area contributed by atoms with E-state index in [1.807, 2.05) is 0 Å². The lowest BCUT2D eigenvalue weighted by Crippen LogP contribution is -2.50. The molecule has 24 heavy (non-hydrogen) atoms.